The molecule has 3 aromatic rings. The Morgan fingerprint density at radius 1 is 1.18 bits per heavy atom. The van der Waals surface area contributed by atoms with E-state index >= 15 is 0 Å². The van der Waals surface area contributed by atoms with Gasteiger partial charge in [-0.2, -0.15) is 10.2 Å². The Bertz CT molecular complexity index is 990. The number of benzene rings is 2. The molecule has 0 saturated carbocycles. The average Bonchev–Trinajstić information content (AvgIpc) is 3.16. The standard InChI is InChI=1S/C22H23ClN4O/c1-14(2)12-16-8-10-17(11-9-16)20-13-21(26-25-20)22(28)27-24-15(3)18-6-4-5-7-19(18)23/h4-11,13-14H,12H2,1-3H3,(H,25,26)(H,27,28)/b24-15-. The zero-order valence-corrected chi connectivity index (χ0v) is 16.9. The number of hydrazone groups is 1. The number of nitrogens with zero attached hydrogens (tertiary/aromatic N) is 2. The van der Waals surface area contributed by atoms with E-state index in [-0.39, 0.29) is 5.91 Å². The summed E-state index contributed by atoms with van der Waals surface area (Å²) in [6.45, 7) is 6.18. The van der Waals surface area contributed by atoms with E-state index in [1.165, 1.54) is 5.56 Å². The maximum atomic E-state index is 12.4. The first-order valence-corrected chi connectivity index (χ1v) is 9.56. The van der Waals surface area contributed by atoms with Crippen LogP contribution in [0.25, 0.3) is 11.3 Å². The first-order chi connectivity index (χ1) is 13.4. The first-order valence-electron chi connectivity index (χ1n) is 9.18. The van der Waals surface area contributed by atoms with Crippen LogP contribution in [0.15, 0.2) is 59.7 Å². The Morgan fingerprint density at radius 3 is 2.57 bits per heavy atom. The van der Waals surface area contributed by atoms with Gasteiger partial charge in [0.25, 0.3) is 5.91 Å². The van der Waals surface area contributed by atoms with Crippen molar-refractivity contribution in [1.82, 2.24) is 15.6 Å². The third-order valence-corrected chi connectivity index (χ3v) is 4.63. The predicted octanol–water partition coefficient (Wildman–Crippen LogP) is 5.08. The molecule has 0 aliphatic rings. The molecule has 0 bridgehead atoms. The van der Waals surface area contributed by atoms with Crippen molar-refractivity contribution in [2.45, 2.75) is 27.2 Å². The lowest BCUT2D eigenvalue weighted by atomic mass is 10.0. The fourth-order valence-electron chi connectivity index (χ4n) is 2.88. The van der Waals surface area contributed by atoms with E-state index in [0.29, 0.717) is 28.0 Å². The van der Waals surface area contributed by atoms with Gasteiger partial charge in [-0.3, -0.25) is 9.89 Å². The van der Waals surface area contributed by atoms with Crippen LogP contribution >= 0.6 is 11.6 Å². The zero-order valence-electron chi connectivity index (χ0n) is 16.2. The minimum Gasteiger partial charge on any atom is -0.272 e. The molecule has 0 aliphatic carbocycles. The summed E-state index contributed by atoms with van der Waals surface area (Å²) in [5, 5.41) is 11.7. The van der Waals surface area contributed by atoms with Crippen LogP contribution in [-0.4, -0.2) is 21.8 Å². The normalized spacial score (nSPS) is 11.7. The summed E-state index contributed by atoms with van der Waals surface area (Å²) in [5.41, 5.74) is 7.24. The van der Waals surface area contributed by atoms with E-state index in [9.17, 15) is 4.79 Å². The van der Waals surface area contributed by atoms with Gasteiger partial charge in [-0.05, 0) is 37.0 Å². The summed E-state index contributed by atoms with van der Waals surface area (Å²) < 4.78 is 0. The van der Waals surface area contributed by atoms with E-state index in [0.717, 1.165) is 17.5 Å². The molecule has 1 aromatic heterocycles. The Kier molecular flexibility index (Phi) is 6.26. The fraction of sp³-hybridized carbons (Fsp3) is 0.227. The van der Waals surface area contributed by atoms with Crippen molar-refractivity contribution in [3.8, 4) is 11.3 Å². The van der Waals surface area contributed by atoms with Crippen LogP contribution in [0.2, 0.25) is 5.02 Å². The molecule has 6 heteroatoms. The van der Waals surface area contributed by atoms with Crippen molar-refractivity contribution in [3.05, 3.63) is 76.4 Å². The number of rotatable bonds is 6. The maximum Gasteiger partial charge on any atom is 0.289 e. The number of amides is 1. The monoisotopic (exact) mass is 394 g/mol. The van der Waals surface area contributed by atoms with Crippen molar-refractivity contribution in [2.75, 3.05) is 0 Å². The summed E-state index contributed by atoms with van der Waals surface area (Å²) in [4.78, 5) is 12.4. The Hall–Kier alpha value is -2.92. The third-order valence-electron chi connectivity index (χ3n) is 4.30. The summed E-state index contributed by atoms with van der Waals surface area (Å²) in [6, 6.07) is 17.3. The van der Waals surface area contributed by atoms with Crippen LogP contribution in [0.4, 0.5) is 0 Å². The van der Waals surface area contributed by atoms with Gasteiger partial charge in [-0.1, -0.05) is 67.9 Å². The molecule has 0 radical (unpaired) electrons. The van der Waals surface area contributed by atoms with Crippen molar-refractivity contribution < 1.29 is 4.79 Å². The lowest BCUT2D eigenvalue weighted by Gasteiger charge is -2.05. The van der Waals surface area contributed by atoms with Crippen LogP contribution in [0.1, 0.15) is 42.4 Å². The molecule has 0 saturated heterocycles. The number of halogens is 1. The second kappa shape index (κ2) is 8.85. The van der Waals surface area contributed by atoms with Crippen molar-refractivity contribution in [1.29, 1.82) is 0 Å². The predicted molar refractivity (Wildman–Crippen MR) is 114 cm³/mol. The van der Waals surface area contributed by atoms with E-state index in [1.807, 2.05) is 30.3 Å². The zero-order chi connectivity index (χ0) is 20.1. The van der Waals surface area contributed by atoms with Gasteiger partial charge in [0, 0.05) is 16.1 Å². The summed E-state index contributed by atoms with van der Waals surface area (Å²) in [7, 11) is 0. The molecule has 0 spiro atoms. The molecule has 0 atom stereocenters. The van der Waals surface area contributed by atoms with Gasteiger partial charge in [-0.25, -0.2) is 5.43 Å². The third kappa shape index (κ3) is 4.87. The van der Waals surface area contributed by atoms with Gasteiger partial charge in [0.15, 0.2) is 0 Å². The van der Waals surface area contributed by atoms with Crippen LogP contribution in [0.5, 0.6) is 0 Å². The van der Waals surface area contributed by atoms with E-state index in [4.69, 9.17) is 11.6 Å². The minimum absolute atomic E-state index is 0.344. The Labute approximate surface area is 169 Å². The van der Waals surface area contributed by atoms with Crippen molar-refractivity contribution in [2.24, 2.45) is 11.0 Å². The van der Waals surface area contributed by atoms with Crippen LogP contribution in [0.3, 0.4) is 0 Å². The molecule has 1 heterocycles. The molecule has 2 N–H and O–H groups in total. The van der Waals surface area contributed by atoms with Gasteiger partial charge < -0.3 is 0 Å². The molecule has 28 heavy (non-hydrogen) atoms. The molecule has 1 amide bonds. The number of H-pyrrole nitrogens is 1. The molecular formula is C22H23ClN4O. The van der Waals surface area contributed by atoms with Crippen molar-refractivity contribution in [3.63, 3.8) is 0 Å². The quantitative estimate of drug-likeness (QED) is 0.452. The number of hydrogen-bond donors (Lipinski definition) is 2. The highest BCUT2D eigenvalue weighted by molar-refractivity contribution is 6.34. The van der Waals surface area contributed by atoms with E-state index < -0.39 is 0 Å². The van der Waals surface area contributed by atoms with Crippen LogP contribution < -0.4 is 5.43 Å². The van der Waals surface area contributed by atoms with E-state index in [1.54, 1.807) is 19.1 Å². The van der Waals surface area contributed by atoms with E-state index in [2.05, 4.69) is 46.7 Å². The molecular weight excluding hydrogens is 372 g/mol. The molecule has 0 unspecified atom stereocenters. The molecule has 2 aromatic carbocycles. The highest BCUT2D eigenvalue weighted by Crippen LogP contribution is 2.20. The molecule has 5 nitrogen and oxygen atoms in total. The van der Waals surface area contributed by atoms with Gasteiger partial charge in [0.05, 0.1) is 11.4 Å². The minimum atomic E-state index is -0.360. The highest BCUT2D eigenvalue weighted by atomic mass is 35.5. The largest absolute Gasteiger partial charge is 0.289 e. The lowest BCUT2D eigenvalue weighted by molar-refractivity contribution is 0.0950. The lowest BCUT2D eigenvalue weighted by Crippen LogP contribution is -2.19. The molecule has 3 rings (SSSR count). The number of aromatic nitrogens is 2. The number of hydrogen-bond acceptors (Lipinski definition) is 3. The SMILES string of the molecule is C/C(=N/NC(=O)c1cc(-c2ccc(CC(C)C)cc2)n[nH]1)c1ccccc1Cl. The average molecular weight is 395 g/mol. The second-order valence-corrected chi connectivity index (χ2v) is 7.49. The maximum absolute atomic E-state index is 12.4. The van der Waals surface area contributed by atoms with Gasteiger partial charge in [0.1, 0.15) is 5.69 Å². The van der Waals surface area contributed by atoms with Gasteiger partial charge in [0.2, 0.25) is 0 Å². The van der Waals surface area contributed by atoms with Gasteiger partial charge in [-0.15, -0.1) is 0 Å². The van der Waals surface area contributed by atoms with Crippen LogP contribution in [0, 0.1) is 5.92 Å². The highest BCUT2D eigenvalue weighted by Gasteiger charge is 2.11. The van der Waals surface area contributed by atoms with Gasteiger partial charge >= 0.3 is 0 Å². The molecule has 0 aliphatic heterocycles. The topological polar surface area (TPSA) is 70.1 Å². The molecule has 0 fully saturated rings. The van der Waals surface area contributed by atoms with Crippen LogP contribution in [-0.2, 0) is 6.42 Å². The number of carbonyl (C=O) groups excluding carboxylic acids is 1. The number of carbonyl (C=O) groups is 1. The molecule has 144 valence electrons. The Balaban J connectivity index is 1.69. The first kappa shape index (κ1) is 19.8. The summed E-state index contributed by atoms with van der Waals surface area (Å²) in [6.07, 6.45) is 1.04. The number of aromatic amines is 1. The summed E-state index contributed by atoms with van der Waals surface area (Å²) >= 11 is 6.15. The Morgan fingerprint density at radius 2 is 1.89 bits per heavy atom. The fourth-order valence-corrected chi connectivity index (χ4v) is 3.15. The summed E-state index contributed by atoms with van der Waals surface area (Å²) in [5.74, 6) is 0.253. The number of nitrogens with one attached hydrogen (secondary N) is 2. The van der Waals surface area contributed by atoms with Crippen molar-refractivity contribution >= 4 is 23.2 Å². The second-order valence-electron chi connectivity index (χ2n) is 7.08. The smallest absolute Gasteiger partial charge is 0.272 e.